The minimum Gasteiger partial charge on any atom is -0.743 e. The van der Waals surface area contributed by atoms with Gasteiger partial charge in [0.05, 0.1) is 0 Å². The van der Waals surface area contributed by atoms with Gasteiger partial charge in [0.15, 0.2) is 10.1 Å². The van der Waals surface area contributed by atoms with Crippen LogP contribution < -0.4 is 0 Å². The molecule has 0 aromatic carbocycles. The van der Waals surface area contributed by atoms with Crippen LogP contribution in [0.5, 0.6) is 0 Å². The molecule has 0 N–H and O–H groups in total. The van der Waals surface area contributed by atoms with Crippen molar-refractivity contribution >= 4 is 16.1 Å². The van der Waals surface area contributed by atoms with Gasteiger partial charge in [-0.1, -0.05) is 0 Å². The van der Waals surface area contributed by atoms with Crippen LogP contribution in [0.2, 0.25) is 0 Å². The number of carbonyl (C=O) groups excluding carboxylic acids is 1. The van der Waals surface area contributed by atoms with E-state index in [0.29, 0.717) is 6.54 Å². The van der Waals surface area contributed by atoms with Crippen molar-refractivity contribution in [3.8, 4) is 0 Å². The Hall–Kier alpha value is -1.01. The molecule has 0 radical (unpaired) electrons. The number of hydrogen-bond donors (Lipinski definition) is 0. The number of likely N-dealkylation sites (tertiary alicyclic amines) is 1. The zero-order chi connectivity index (χ0) is 17.9. The van der Waals surface area contributed by atoms with Crippen LogP contribution in [-0.2, 0) is 19.6 Å². The largest absolute Gasteiger partial charge is 0.743 e. The summed E-state index contributed by atoms with van der Waals surface area (Å²) in [5, 5.41) is -5.80. The van der Waals surface area contributed by atoms with Crippen LogP contribution >= 0.6 is 0 Å². The second-order valence-corrected chi connectivity index (χ2v) is 6.53. The maximum Gasteiger partial charge on any atom is 0.432 e. The molecule has 1 atom stereocenters. The van der Waals surface area contributed by atoms with Gasteiger partial charge in [-0.3, -0.25) is 4.79 Å². The first-order chi connectivity index (χ1) is 10.4. The highest BCUT2D eigenvalue weighted by atomic mass is 32.2. The van der Waals surface area contributed by atoms with E-state index < -0.39 is 40.0 Å². The Morgan fingerprint density at radius 2 is 1.70 bits per heavy atom. The number of nitrogens with zero attached hydrogens (tertiary/aromatic N) is 1. The molecule has 1 heterocycles. The lowest BCUT2D eigenvalue weighted by molar-refractivity contribution is -0.259. The van der Waals surface area contributed by atoms with Crippen molar-refractivity contribution in [2.75, 3.05) is 19.6 Å². The lowest BCUT2D eigenvalue weighted by Crippen LogP contribution is -2.52. The molecule has 0 spiro atoms. The van der Waals surface area contributed by atoms with Crippen LogP contribution in [-0.4, -0.2) is 61.0 Å². The Labute approximate surface area is 129 Å². The van der Waals surface area contributed by atoms with E-state index >= 15 is 0 Å². The predicted octanol–water partition coefficient (Wildman–Crippen LogP) is 1.47. The van der Waals surface area contributed by atoms with Gasteiger partial charge in [0.1, 0.15) is 0 Å². The van der Waals surface area contributed by atoms with Gasteiger partial charge in [-0.2, -0.15) is 22.0 Å². The first-order valence-electron chi connectivity index (χ1n) is 6.67. The highest BCUT2D eigenvalue weighted by molar-refractivity contribution is 7.86. The summed E-state index contributed by atoms with van der Waals surface area (Å²) < 4.78 is 98.2. The Morgan fingerprint density at radius 1 is 1.17 bits per heavy atom. The van der Waals surface area contributed by atoms with Crippen molar-refractivity contribution < 1.29 is 44.5 Å². The number of carbonyl (C=O) groups is 1. The first-order valence-corrected chi connectivity index (χ1v) is 8.08. The molecule has 0 aromatic rings. The quantitative estimate of drug-likeness (QED) is 0.384. The molecule has 0 saturated carbocycles. The van der Waals surface area contributed by atoms with Gasteiger partial charge in [-0.25, -0.2) is 8.42 Å². The normalized spacial score (nSPS) is 18.9. The van der Waals surface area contributed by atoms with Gasteiger partial charge in [0.25, 0.3) is 6.10 Å². The monoisotopic (exact) mass is 368 g/mol. The molecule has 136 valence electrons. The van der Waals surface area contributed by atoms with Crippen LogP contribution in [0.1, 0.15) is 25.7 Å². The maximum absolute atomic E-state index is 13.1. The van der Waals surface area contributed by atoms with Crippen molar-refractivity contribution in [2.24, 2.45) is 0 Å². The van der Waals surface area contributed by atoms with Crippen LogP contribution in [0, 0.1) is 0 Å². The highest BCUT2D eigenvalue weighted by Gasteiger charge is 2.62. The molecule has 0 aromatic heterocycles. The molecule has 0 bridgehead atoms. The van der Waals surface area contributed by atoms with Crippen LogP contribution in [0.25, 0.3) is 0 Å². The summed E-state index contributed by atoms with van der Waals surface area (Å²) in [7, 11) is -6.65. The first kappa shape index (κ1) is 20.0. The van der Waals surface area contributed by atoms with E-state index in [9.17, 15) is 39.7 Å². The third-order valence-corrected chi connectivity index (χ3v) is 4.12. The second kappa shape index (κ2) is 7.26. The lowest BCUT2D eigenvalue weighted by atomic mass is 10.3. The Bertz CT molecular complexity index is 515. The molecule has 0 amide bonds. The summed E-state index contributed by atoms with van der Waals surface area (Å²) >= 11 is 0. The van der Waals surface area contributed by atoms with Gasteiger partial charge in [-0.15, -0.1) is 0 Å². The zero-order valence-corrected chi connectivity index (χ0v) is 12.6. The molecule has 6 nitrogen and oxygen atoms in total. The van der Waals surface area contributed by atoms with E-state index in [0.717, 1.165) is 25.9 Å². The summed E-state index contributed by atoms with van der Waals surface area (Å²) in [6.45, 7) is 1.92. The molecule has 23 heavy (non-hydrogen) atoms. The van der Waals surface area contributed by atoms with Gasteiger partial charge in [0, 0.05) is 6.42 Å². The standard InChI is InChI=1S/C11H16F5NO5S/c12-10(13,14)9(11(15,16)23(19,20)21)22-8(18)4-3-7-17-5-1-2-6-17/h9H,1-7H2,(H,19,20,21)/p-1. The Morgan fingerprint density at radius 3 is 2.13 bits per heavy atom. The van der Waals surface area contributed by atoms with E-state index in [-0.39, 0.29) is 6.42 Å². The smallest absolute Gasteiger partial charge is 0.432 e. The number of alkyl halides is 5. The fraction of sp³-hybridized carbons (Fsp3) is 0.909. The van der Waals surface area contributed by atoms with Gasteiger partial charge >= 0.3 is 17.4 Å². The molecule has 12 heteroatoms. The summed E-state index contributed by atoms with van der Waals surface area (Å²) in [5.41, 5.74) is 0. The van der Waals surface area contributed by atoms with Gasteiger partial charge < -0.3 is 14.2 Å². The lowest BCUT2D eigenvalue weighted by Gasteiger charge is -2.29. The third-order valence-electron chi connectivity index (χ3n) is 3.24. The fourth-order valence-electron chi connectivity index (χ4n) is 2.10. The van der Waals surface area contributed by atoms with Gasteiger partial charge in [-0.05, 0) is 38.9 Å². The minimum atomic E-state index is -6.65. The van der Waals surface area contributed by atoms with Crippen LogP contribution in [0.15, 0.2) is 0 Å². The SMILES string of the molecule is O=C(CCCN1CCCC1)OC(C(F)(F)F)C(F)(F)S(=O)(=O)[O-]. The van der Waals surface area contributed by atoms with E-state index in [1.165, 1.54) is 0 Å². The average Bonchev–Trinajstić information content (AvgIpc) is 2.86. The van der Waals surface area contributed by atoms with Crippen molar-refractivity contribution in [1.82, 2.24) is 4.90 Å². The van der Waals surface area contributed by atoms with Crippen molar-refractivity contribution in [3.63, 3.8) is 0 Å². The van der Waals surface area contributed by atoms with E-state index in [4.69, 9.17) is 0 Å². The van der Waals surface area contributed by atoms with Crippen molar-refractivity contribution in [2.45, 2.75) is 43.2 Å². The molecule has 1 fully saturated rings. The molecular formula is C11H15F5NO5S-. The number of rotatable bonds is 7. The molecule has 1 rings (SSSR count). The number of ether oxygens (including phenoxy) is 1. The Balaban J connectivity index is 2.65. The highest BCUT2D eigenvalue weighted by Crippen LogP contribution is 2.38. The Kier molecular flexibility index (Phi) is 6.32. The molecule has 1 saturated heterocycles. The molecular weight excluding hydrogens is 353 g/mol. The minimum absolute atomic E-state index is 0.0686. The number of hydrogen-bond acceptors (Lipinski definition) is 6. The maximum atomic E-state index is 13.1. The molecule has 1 aliphatic rings. The molecule has 1 unspecified atom stereocenters. The average molecular weight is 368 g/mol. The molecule has 0 aliphatic carbocycles. The summed E-state index contributed by atoms with van der Waals surface area (Å²) in [6, 6.07) is 0. The zero-order valence-electron chi connectivity index (χ0n) is 11.8. The topological polar surface area (TPSA) is 86.7 Å². The second-order valence-electron chi connectivity index (χ2n) is 5.08. The van der Waals surface area contributed by atoms with Crippen LogP contribution in [0.3, 0.4) is 0 Å². The molecule has 1 aliphatic heterocycles. The van der Waals surface area contributed by atoms with E-state index in [1.54, 1.807) is 0 Å². The van der Waals surface area contributed by atoms with E-state index in [2.05, 4.69) is 4.74 Å². The van der Waals surface area contributed by atoms with E-state index in [1.807, 2.05) is 4.90 Å². The van der Waals surface area contributed by atoms with Crippen molar-refractivity contribution in [1.29, 1.82) is 0 Å². The summed E-state index contributed by atoms with van der Waals surface area (Å²) in [4.78, 5) is 13.2. The number of halogens is 5. The predicted molar refractivity (Wildman–Crippen MR) is 65.5 cm³/mol. The van der Waals surface area contributed by atoms with Crippen molar-refractivity contribution in [3.05, 3.63) is 0 Å². The summed E-state index contributed by atoms with van der Waals surface area (Å²) in [6.07, 6.45) is -8.85. The number of esters is 1. The van der Waals surface area contributed by atoms with Gasteiger partial charge in [0.2, 0.25) is 0 Å². The summed E-state index contributed by atoms with van der Waals surface area (Å²) in [5.74, 6) is -1.64. The van der Waals surface area contributed by atoms with Crippen LogP contribution in [0.4, 0.5) is 22.0 Å². The fourth-order valence-corrected chi connectivity index (χ4v) is 2.54. The third kappa shape index (κ3) is 5.53.